The lowest BCUT2D eigenvalue weighted by molar-refractivity contribution is -0.137. The van der Waals surface area contributed by atoms with Crippen LogP contribution in [0.15, 0.2) is 30.5 Å². The number of amides is 1. The summed E-state index contributed by atoms with van der Waals surface area (Å²) in [5.41, 5.74) is 3.44. The van der Waals surface area contributed by atoms with Crippen LogP contribution in [0.4, 0.5) is 0 Å². The molecule has 0 radical (unpaired) electrons. The molecule has 2 N–H and O–H groups in total. The Labute approximate surface area is 147 Å². The number of hydrogen-bond acceptors (Lipinski definition) is 3. The topological polar surface area (TPSA) is 84.2 Å². The second-order valence-electron chi connectivity index (χ2n) is 6.76. The Morgan fingerprint density at radius 1 is 1.20 bits per heavy atom. The van der Waals surface area contributed by atoms with Crippen LogP contribution >= 0.6 is 0 Å². The van der Waals surface area contributed by atoms with Gasteiger partial charge in [-0.25, -0.2) is 4.68 Å². The van der Waals surface area contributed by atoms with Gasteiger partial charge in [-0.2, -0.15) is 5.10 Å². The van der Waals surface area contributed by atoms with E-state index in [4.69, 9.17) is 5.11 Å². The van der Waals surface area contributed by atoms with Crippen LogP contribution in [-0.2, 0) is 4.79 Å². The summed E-state index contributed by atoms with van der Waals surface area (Å²) in [4.78, 5) is 23.3. The third kappa shape index (κ3) is 4.68. The van der Waals surface area contributed by atoms with Crippen molar-refractivity contribution in [2.75, 3.05) is 6.54 Å². The molecular formula is C19H25N3O3. The number of aryl methyl sites for hydroxylation is 1. The third-order valence-corrected chi connectivity index (χ3v) is 4.01. The highest BCUT2D eigenvalue weighted by atomic mass is 16.4. The Morgan fingerprint density at radius 3 is 2.40 bits per heavy atom. The molecule has 0 saturated carbocycles. The first kappa shape index (κ1) is 18.7. The summed E-state index contributed by atoms with van der Waals surface area (Å²) >= 11 is 0. The van der Waals surface area contributed by atoms with Crippen molar-refractivity contribution >= 4 is 11.9 Å². The van der Waals surface area contributed by atoms with Gasteiger partial charge < -0.3 is 10.4 Å². The largest absolute Gasteiger partial charge is 0.481 e. The molecule has 0 aliphatic carbocycles. The van der Waals surface area contributed by atoms with Gasteiger partial charge in [0.05, 0.1) is 23.1 Å². The summed E-state index contributed by atoms with van der Waals surface area (Å²) in [6.45, 7) is 8.18. The lowest BCUT2D eigenvalue weighted by atomic mass is 10.0. The summed E-state index contributed by atoms with van der Waals surface area (Å²) in [5.74, 6) is -1.10. The van der Waals surface area contributed by atoms with Crippen molar-refractivity contribution in [2.45, 2.75) is 40.0 Å². The van der Waals surface area contributed by atoms with Gasteiger partial charge in [0.15, 0.2) is 0 Å². The van der Waals surface area contributed by atoms with E-state index in [1.165, 1.54) is 0 Å². The van der Waals surface area contributed by atoms with Gasteiger partial charge in [0, 0.05) is 13.0 Å². The average Bonchev–Trinajstić information content (AvgIpc) is 2.98. The van der Waals surface area contributed by atoms with Crippen molar-refractivity contribution in [3.63, 3.8) is 0 Å². The maximum atomic E-state index is 12.5. The molecule has 25 heavy (non-hydrogen) atoms. The van der Waals surface area contributed by atoms with Gasteiger partial charge in [-0.1, -0.05) is 38.5 Å². The van der Waals surface area contributed by atoms with Gasteiger partial charge in [0.1, 0.15) is 0 Å². The fourth-order valence-electron chi connectivity index (χ4n) is 2.71. The first-order valence-electron chi connectivity index (χ1n) is 8.44. The first-order chi connectivity index (χ1) is 11.8. The van der Waals surface area contributed by atoms with Crippen LogP contribution in [-0.4, -0.2) is 33.3 Å². The molecule has 134 valence electrons. The standard InChI is InChI=1S/C19H25N3O3/c1-12(2)18-16(19(25)20-10-14(4)9-17(23)24)11-21-22(18)15-7-5-13(3)6-8-15/h5-8,11-12,14H,9-10H2,1-4H3,(H,20,25)(H,23,24). The van der Waals surface area contributed by atoms with Crippen molar-refractivity contribution in [3.8, 4) is 5.69 Å². The number of carbonyl (C=O) groups excluding carboxylic acids is 1. The number of aromatic nitrogens is 2. The van der Waals surface area contributed by atoms with Gasteiger partial charge in [0.25, 0.3) is 5.91 Å². The van der Waals surface area contributed by atoms with Gasteiger partial charge in [-0.05, 0) is 30.9 Å². The number of rotatable bonds is 7. The van der Waals surface area contributed by atoms with Crippen molar-refractivity contribution in [1.82, 2.24) is 15.1 Å². The predicted octanol–water partition coefficient (Wildman–Crippen LogP) is 3.14. The second-order valence-corrected chi connectivity index (χ2v) is 6.76. The molecule has 1 atom stereocenters. The number of hydrogen-bond donors (Lipinski definition) is 2. The van der Waals surface area contributed by atoms with Crippen LogP contribution in [0.3, 0.4) is 0 Å². The van der Waals surface area contributed by atoms with Crippen LogP contribution in [0.1, 0.15) is 54.7 Å². The molecule has 2 rings (SSSR count). The third-order valence-electron chi connectivity index (χ3n) is 4.01. The lowest BCUT2D eigenvalue weighted by Crippen LogP contribution is -2.30. The van der Waals surface area contributed by atoms with E-state index in [2.05, 4.69) is 10.4 Å². The smallest absolute Gasteiger partial charge is 0.303 e. The number of carboxylic acid groups (broad SMARTS) is 1. The van der Waals surface area contributed by atoms with Crippen LogP contribution in [0, 0.1) is 12.8 Å². The summed E-state index contributed by atoms with van der Waals surface area (Å²) in [7, 11) is 0. The van der Waals surface area contributed by atoms with E-state index in [1.807, 2.05) is 45.0 Å². The van der Waals surface area contributed by atoms with Crippen LogP contribution in [0.25, 0.3) is 5.69 Å². The number of nitrogens with zero attached hydrogens (tertiary/aromatic N) is 2. The van der Waals surface area contributed by atoms with E-state index in [1.54, 1.807) is 17.8 Å². The maximum Gasteiger partial charge on any atom is 0.303 e. The Kier molecular flexibility index (Phi) is 5.96. The highest BCUT2D eigenvalue weighted by Crippen LogP contribution is 2.23. The van der Waals surface area contributed by atoms with Crippen LogP contribution < -0.4 is 5.32 Å². The SMILES string of the molecule is Cc1ccc(-n2ncc(C(=O)NCC(C)CC(=O)O)c2C(C)C)cc1. The molecule has 1 heterocycles. The molecule has 1 aromatic carbocycles. The minimum Gasteiger partial charge on any atom is -0.481 e. The van der Waals surface area contributed by atoms with E-state index in [-0.39, 0.29) is 24.2 Å². The fourth-order valence-corrected chi connectivity index (χ4v) is 2.71. The Bertz CT molecular complexity index is 748. The quantitative estimate of drug-likeness (QED) is 0.809. The summed E-state index contributed by atoms with van der Waals surface area (Å²) in [6.07, 6.45) is 1.60. The molecule has 6 heteroatoms. The summed E-state index contributed by atoms with van der Waals surface area (Å²) in [5, 5.41) is 16.0. The molecule has 0 spiro atoms. The zero-order valence-electron chi connectivity index (χ0n) is 15.1. The zero-order valence-corrected chi connectivity index (χ0v) is 15.1. The highest BCUT2D eigenvalue weighted by molar-refractivity contribution is 5.95. The predicted molar refractivity (Wildman–Crippen MR) is 96.1 cm³/mol. The van der Waals surface area contributed by atoms with E-state index in [9.17, 15) is 9.59 Å². The van der Waals surface area contributed by atoms with Crippen molar-refractivity contribution in [2.24, 2.45) is 5.92 Å². The molecule has 1 aromatic heterocycles. The van der Waals surface area contributed by atoms with Crippen LogP contribution in [0.5, 0.6) is 0 Å². The van der Waals surface area contributed by atoms with E-state index in [0.29, 0.717) is 12.1 Å². The maximum absolute atomic E-state index is 12.5. The first-order valence-corrected chi connectivity index (χ1v) is 8.44. The molecule has 0 saturated heterocycles. The number of carboxylic acids is 1. The second kappa shape index (κ2) is 7.96. The monoisotopic (exact) mass is 343 g/mol. The van der Waals surface area contributed by atoms with Crippen molar-refractivity contribution in [3.05, 3.63) is 47.3 Å². The summed E-state index contributed by atoms with van der Waals surface area (Å²) in [6, 6.07) is 7.97. The number of benzene rings is 1. The normalized spacial score (nSPS) is 12.2. The summed E-state index contributed by atoms with van der Waals surface area (Å²) < 4.78 is 1.79. The molecule has 2 aromatic rings. The number of carbonyl (C=O) groups is 2. The van der Waals surface area contributed by atoms with Gasteiger partial charge in [0.2, 0.25) is 0 Å². The van der Waals surface area contributed by atoms with Gasteiger partial charge >= 0.3 is 5.97 Å². The highest BCUT2D eigenvalue weighted by Gasteiger charge is 2.21. The van der Waals surface area contributed by atoms with E-state index < -0.39 is 5.97 Å². The average molecular weight is 343 g/mol. The van der Waals surface area contributed by atoms with Gasteiger partial charge in [-0.15, -0.1) is 0 Å². The van der Waals surface area contributed by atoms with Gasteiger partial charge in [-0.3, -0.25) is 9.59 Å². The van der Waals surface area contributed by atoms with E-state index in [0.717, 1.165) is 16.9 Å². The number of aliphatic carboxylic acids is 1. The molecule has 0 aliphatic rings. The Balaban J connectivity index is 2.22. The molecule has 0 fully saturated rings. The van der Waals surface area contributed by atoms with E-state index >= 15 is 0 Å². The Morgan fingerprint density at radius 2 is 1.84 bits per heavy atom. The molecule has 0 aliphatic heterocycles. The van der Waals surface area contributed by atoms with Crippen molar-refractivity contribution < 1.29 is 14.7 Å². The molecule has 1 unspecified atom stereocenters. The molecule has 6 nitrogen and oxygen atoms in total. The fraction of sp³-hybridized carbons (Fsp3) is 0.421. The Hall–Kier alpha value is -2.63. The van der Waals surface area contributed by atoms with Crippen molar-refractivity contribution in [1.29, 1.82) is 0 Å². The molecule has 1 amide bonds. The molecule has 0 bridgehead atoms. The zero-order chi connectivity index (χ0) is 18.6. The molecular weight excluding hydrogens is 318 g/mol. The minimum atomic E-state index is -0.864. The minimum absolute atomic E-state index is 0.0277. The lowest BCUT2D eigenvalue weighted by Gasteiger charge is -2.14. The van der Waals surface area contributed by atoms with Crippen LogP contribution in [0.2, 0.25) is 0 Å². The number of nitrogens with one attached hydrogen (secondary N) is 1.